The van der Waals surface area contributed by atoms with Gasteiger partial charge in [0, 0.05) is 25.7 Å². The second kappa shape index (κ2) is 11.8. The fourth-order valence-corrected chi connectivity index (χ4v) is 7.49. The molecule has 6 rings (SSSR count). The van der Waals surface area contributed by atoms with E-state index < -0.39 is 15.8 Å². The van der Waals surface area contributed by atoms with E-state index in [0.717, 1.165) is 30.6 Å². The molecule has 4 aliphatic rings. The Labute approximate surface area is 248 Å². The van der Waals surface area contributed by atoms with Gasteiger partial charge in [-0.25, -0.2) is 4.79 Å². The number of aromatic nitrogens is 1. The van der Waals surface area contributed by atoms with Gasteiger partial charge in [-0.1, -0.05) is 18.0 Å². The summed E-state index contributed by atoms with van der Waals surface area (Å²) in [5, 5.41) is 4.74. The van der Waals surface area contributed by atoms with E-state index in [4.69, 9.17) is 18.7 Å². The zero-order chi connectivity index (χ0) is 29.5. The summed E-state index contributed by atoms with van der Waals surface area (Å²) in [6, 6.07) is 3.87. The Bertz CT molecular complexity index is 1370. The number of benzene rings is 1. The Balaban J connectivity index is 1.04. The summed E-state index contributed by atoms with van der Waals surface area (Å²) >= 11 is 0. The molecule has 12 heteroatoms. The molecule has 2 aromatic rings. The lowest BCUT2D eigenvalue weighted by molar-refractivity contribution is -0.0306. The molecule has 0 bridgehead atoms. The highest BCUT2D eigenvalue weighted by Crippen LogP contribution is 2.47. The molecule has 1 aromatic heterocycles. The SMILES string of the molecule is CC(C)(C)OC(=O)N1CC[C@@H](OC2CCN(S(=O)(=O)Nc3noc4cc(OCC5CCCC5)c(C5CC5)cc34)CC2)C1. The second-order valence-electron chi connectivity index (χ2n) is 13.3. The third kappa shape index (κ3) is 6.97. The Morgan fingerprint density at radius 2 is 1.74 bits per heavy atom. The summed E-state index contributed by atoms with van der Waals surface area (Å²) in [4.78, 5) is 14.0. The normalized spacial score (nSPS) is 23.1. The summed E-state index contributed by atoms with van der Waals surface area (Å²) in [6.07, 6.45) is 8.64. The zero-order valence-corrected chi connectivity index (χ0v) is 25.8. The van der Waals surface area contributed by atoms with Crippen molar-refractivity contribution in [2.75, 3.05) is 37.5 Å². The number of carbonyl (C=O) groups excluding carboxylic acids is 1. The molecule has 1 aromatic carbocycles. The molecule has 11 nitrogen and oxygen atoms in total. The van der Waals surface area contributed by atoms with Crippen molar-refractivity contribution in [2.24, 2.45) is 5.92 Å². The quantitative estimate of drug-likeness (QED) is 0.403. The predicted molar refractivity (Wildman–Crippen MR) is 158 cm³/mol. The first-order valence-electron chi connectivity index (χ1n) is 15.5. The van der Waals surface area contributed by atoms with Crippen molar-refractivity contribution in [2.45, 2.75) is 102 Å². The van der Waals surface area contributed by atoms with Gasteiger partial charge < -0.3 is 23.6 Å². The predicted octanol–water partition coefficient (Wildman–Crippen LogP) is 5.42. The number of fused-ring (bicyclic) bond motifs is 1. The molecule has 0 radical (unpaired) electrons. The maximum absolute atomic E-state index is 13.3. The van der Waals surface area contributed by atoms with Crippen LogP contribution in [0.4, 0.5) is 10.6 Å². The largest absolute Gasteiger partial charge is 0.493 e. The number of anilines is 1. The summed E-state index contributed by atoms with van der Waals surface area (Å²) < 4.78 is 54.3. The number of ether oxygens (including phenoxy) is 3. The molecule has 42 heavy (non-hydrogen) atoms. The highest BCUT2D eigenvalue weighted by Gasteiger charge is 2.35. The highest BCUT2D eigenvalue weighted by atomic mass is 32.2. The lowest BCUT2D eigenvalue weighted by Gasteiger charge is -2.32. The third-order valence-electron chi connectivity index (χ3n) is 8.72. The van der Waals surface area contributed by atoms with E-state index in [2.05, 4.69) is 9.88 Å². The van der Waals surface area contributed by atoms with Gasteiger partial charge in [0.25, 0.3) is 0 Å². The Morgan fingerprint density at radius 1 is 1.02 bits per heavy atom. The van der Waals surface area contributed by atoms with Crippen LogP contribution < -0.4 is 9.46 Å². The zero-order valence-electron chi connectivity index (χ0n) is 25.0. The summed E-state index contributed by atoms with van der Waals surface area (Å²) in [6.45, 7) is 8.03. The number of piperidine rings is 1. The van der Waals surface area contributed by atoms with Gasteiger partial charge in [-0.05, 0) is 89.2 Å². The molecular weight excluding hydrogens is 560 g/mol. The van der Waals surface area contributed by atoms with Gasteiger partial charge in [-0.15, -0.1) is 0 Å². The molecule has 1 amide bonds. The molecule has 4 fully saturated rings. The lowest BCUT2D eigenvalue weighted by atomic mass is 10.1. The number of carbonyl (C=O) groups is 1. The first-order chi connectivity index (χ1) is 20.0. The number of nitrogens with zero attached hydrogens (tertiary/aromatic N) is 3. The molecule has 0 unspecified atom stereocenters. The van der Waals surface area contributed by atoms with Crippen LogP contribution in [0.15, 0.2) is 16.7 Å². The van der Waals surface area contributed by atoms with Crippen molar-refractivity contribution in [3.05, 3.63) is 17.7 Å². The monoisotopic (exact) mass is 604 g/mol. The van der Waals surface area contributed by atoms with E-state index in [9.17, 15) is 13.2 Å². The molecule has 3 heterocycles. The Morgan fingerprint density at radius 3 is 2.43 bits per heavy atom. The molecule has 232 valence electrons. The number of amides is 1. The van der Waals surface area contributed by atoms with Crippen LogP contribution in [-0.2, 0) is 19.7 Å². The van der Waals surface area contributed by atoms with Crippen molar-refractivity contribution >= 4 is 33.1 Å². The maximum atomic E-state index is 13.3. The van der Waals surface area contributed by atoms with Crippen LogP contribution in [0.1, 0.15) is 90.0 Å². The molecule has 2 aliphatic heterocycles. The first-order valence-corrected chi connectivity index (χ1v) is 17.0. The standard InChI is InChI=1S/C30H44N4O7S/c1-30(2,3)40-29(35)33-13-10-23(18-33)39-22-11-14-34(15-12-22)42(36,37)32-28-25-16-24(21-8-9-21)26(17-27(25)41-31-28)38-19-20-6-4-5-7-20/h16-17,20-23H,4-15,18-19H2,1-3H3,(H,31,32)/t23-/m1/s1. The van der Waals surface area contributed by atoms with E-state index in [-0.39, 0.29) is 24.1 Å². The topological polar surface area (TPSA) is 123 Å². The van der Waals surface area contributed by atoms with Crippen molar-refractivity contribution in [3.8, 4) is 5.75 Å². The number of nitrogens with one attached hydrogen (secondary N) is 1. The summed E-state index contributed by atoms with van der Waals surface area (Å²) in [5.41, 5.74) is 1.09. The van der Waals surface area contributed by atoms with Crippen molar-refractivity contribution in [1.29, 1.82) is 0 Å². The molecule has 1 N–H and O–H groups in total. The van der Waals surface area contributed by atoms with Crippen LogP contribution in [0, 0.1) is 5.92 Å². The van der Waals surface area contributed by atoms with Gasteiger partial charge in [-0.2, -0.15) is 12.7 Å². The van der Waals surface area contributed by atoms with E-state index in [0.29, 0.717) is 68.4 Å². The van der Waals surface area contributed by atoms with E-state index in [1.54, 1.807) is 4.90 Å². The van der Waals surface area contributed by atoms with Crippen molar-refractivity contribution in [1.82, 2.24) is 14.4 Å². The highest BCUT2D eigenvalue weighted by molar-refractivity contribution is 7.90. The number of hydrogen-bond acceptors (Lipinski definition) is 8. The van der Waals surface area contributed by atoms with Crippen LogP contribution in [0.2, 0.25) is 0 Å². The van der Waals surface area contributed by atoms with Gasteiger partial charge in [0.1, 0.15) is 11.4 Å². The van der Waals surface area contributed by atoms with Crippen LogP contribution in [0.3, 0.4) is 0 Å². The average molecular weight is 605 g/mol. The fourth-order valence-electron chi connectivity index (χ4n) is 6.28. The summed E-state index contributed by atoms with van der Waals surface area (Å²) in [7, 11) is -3.83. The fraction of sp³-hybridized carbons (Fsp3) is 0.733. The summed E-state index contributed by atoms with van der Waals surface area (Å²) in [5.74, 6) is 2.08. The van der Waals surface area contributed by atoms with E-state index >= 15 is 0 Å². The number of hydrogen-bond donors (Lipinski definition) is 1. The minimum atomic E-state index is -3.83. The van der Waals surface area contributed by atoms with Gasteiger partial charge in [0.15, 0.2) is 11.4 Å². The van der Waals surface area contributed by atoms with Gasteiger partial charge in [0.2, 0.25) is 0 Å². The third-order valence-corrected chi connectivity index (χ3v) is 10.2. The smallest absolute Gasteiger partial charge is 0.410 e. The number of likely N-dealkylation sites (tertiary alicyclic amines) is 1. The van der Waals surface area contributed by atoms with Crippen molar-refractivity contribution < 1.29 is 31.9 Å². The molecule has 2 saturated heterocycles. The molecule has 2 saturated carbocycles. The van der Waals surface area contributed by atoms with Crippen LogP contribution in [0.25, 0.3) is 11.0 Å². The van der Waals surface area contributed by atoms with Crippen LogP contribution >= 0.6 is 0 Å². The molecule has 2 aliphatic carbocycles. The van der Waals surface area contributed by atoms with Gasteiger partial charge >= 0.3 is 16.3 Å². The first kappa shape index (κ1) is 29.5. The number of rotatable bonds is 9. The van der Waals surface area contributed by atoms with Crippen LogP contribution in [0.5, 0.6) is 5.75 Å². The second-order valence-corrected chi connectivity index (χ2v) is 15.0. The maximum Gasteiger partial charge on any atom is 0.410 e. The van der Waals surface area contributed by atoms with Crippen molar-refractivity contribution in [3.63, 3.8) is 0 Å². The minimum absolute atomic E-state index is 0.0586. The minimum Gasteiger partial charge on any atom is -0.493 e. The van der Waals surface area contributed by atoms with E-state index in [1.807, 2.05) is 32.9 Å². The Hall–Kier alpha value is -2.57. The van der Waals surface area contributed by atoms with Gasteiger partial charge in [-0.3, -0.25) is 4.72 Å². The molecule has 1 atom stereocenters. The lowest BCUT2D eigenvalue weighted by Crippen LogP contribution is -2.44. The Kier molecular flexibility index (Phi) is 8.32. The molecular formula is C30H44N4O7S. The molecule has 0 spiro atoms. The van der Waals surface area contributed by atoms with Crippen LogP contribution in [-0.4, -0.2) is 79.5 Å². The average Bonchev–Trinajstić information content (AvgIpc) is 3.28. The van der Waals surface area contributed by atoms with Gasteiger partial charge in [0.05, 0.1) is 30.7 Å². The van der Waals surface area contributed by atoms with E-state index in [1.165, 1.54) is 30.0 Å².